The molecule has 0 radical (unpaired) electrons. The molecule has 0 aromatic carbocycles. The third-order valence-electron chi connectivity index (χ3n) is 3.00. The van der Waals surface area contributed by atoms with E-state index < -0.39 is 0 Å². The number of hydrogen-bond donors (Lipinski definition) is 0. The molecule has 1 saturated heterocycles. The molecule has 1 fully saturated rings. The first-order valence-electron chi connectivity index (χ1n) is 6.07. The van der Waals surface area contributed by atoms with Gasteiger partial charge in [0.15, 0.2) is 0 Å². The van der Waals surface area contributed by atoms with Crippen molar-refractivity contribution in [2.24, 2.45) is 0 Å². The van der Waals surface area contributed by atoms with E-state index in [1.54, 1.807) is 12.4 Å². The monoisotopic (exact) mass is 255 g/mol. The predicted octanol–water partition coefficient (Wildman–Crippen LogP) is 2.22. The molecule has 0 N–H and O–H groups in total. The fourth-order valence-corrected chi connectivity index (χ4v) is 2.21. The maximum Gasteiger partial charge on any atom is 0.147 e. The summed E-state index contributed by atoms with van der Waals surface area (Å²) in [5, 5.41) is 0. The van der Waals surface area contributed by atoms with E-state index in [0.717, 1.165) is 44.0 Å². The minimum atomic E-state index is 0.409. The van der Waals surface area contributed by atoms with Gasteiger partial charge < -0.3 is 9.64 Å². The van der Waals surface area contributed by atoms with Crippen LogP contribution in [0.3, 0.4) is 0 Å². The van der Waals surface area contributed by atoms with Crippen LogP contribution in [0.4, 0.5) is 5.82 Å². The normalized spacial score (nSPS) is 17.4. The van der Waals surface area contributed by atoms with Crippen LogP contribution in [0.5, 0.6) is 0 Å². The van der Waals surface area contributed by atoms with Gasteiger partial charge in [-0.25, -0.2) is 4.98 Å². The average Bonchev–Trinajstić information content (AvgIpc) is 2.40. The molecule has 0 spiro atoms. The van der Waals surface area contributed by atoms with Gasteiger partial charge in [0.1, 0.15) is 5.82 Å². The zero-order valence-corrected chi connectivity index (χ0v) is 10.9. The van der Waals surface area contributed by atoms with Crippen LogP contribution in [0, 0.1) is 0 Å². The molecule has 5 heteroatoms. The highest BCUT2D eigenvalue weighted by atomic mass is 35.5. The van der Waals surface area contributed by atoms with Crippen molar-refractivity contribution in [1.82, 2.24) is 9.97 Å². The molecular formula is C12H18ClN3O. The molecule has 2 heterocycles. The standard InChI is InChI=1S/C12H18ClN3O/c1-2-17-11-3-5-16(6-4-11)12-9-14-10(7-13)8-15-12/h8-9,11H,2-7H2,1H3. The zero-order valence-electron chi connectivity index (χ0n) is 10.1. The minimum Gasteiger partial charge on any atom is -0.378 e. The van der Waals surface area contributed by atoms with E-state index in [4.69, 9.17) is 16.3 Å². The van der Waals surface area contributed by atoms with Gasteiger partial charge in [0.05, 0.1) is 30.1 Å². The highest BCUT2D eigenvalue weighted by molar-refractivity contribution is 6.16. The van der Waals surface area contributed by atoms with Crippen molar-refractivity contribution in [3.63, 3.8) is 0 Å². The second-order valence-corrected chi connectivity index (χ2v) is 4.41. The number of alkyl halides is 1. The number of aromatic nitrogens is 2. The largest absolute Gasteiger partial charge is 0.378 e. The van der Waals surface area contributed by atoms with Crippen molar-refractivity contribution >= 4 is 17.4 Å². The van der Waals surface area contributed by atoms with Crippen LogP contribution < -0.4 is 4.90 Å². The van der Waals surface area contributed by atoms with Gasteiger partial charge in [0, 0.05) is 19.7 Å². The summed E-state index contributed by atoms with van der Waals surface area (Å²) in [6.45, 7) is 4.82. The van der Waals surface area contributed by atoms with Crippen molar-refractivity contribution in [3.05, 3.63) is 18.1 Å². The summed E-state index contributed by atoms with van der Waals surface area (Å²) in [6.07, 6.45) is 6.08. The van der Waals surface area contributed by atoms with E-state index in [9.17, 15) is 0 Å². The smallest absolute Gasteiger partial charge is 0.147 e. The molecule has 4 nitrogen and oxygen atoms in total. The molecule has 1 aliphatic heterocycles. The number of anilines is 1. The molecular weight excluding hydrogens is 238 g/mol. The molecule has 0 saturated carbocycles. The van der Waals surface area contributed by atoms with E-state index in [1.807, 2.05) is 6.92 Å². The van der Waals surface area contributed by atoms with E-state index >= 15 is 0 Å². The first kappa shape index (κ1) is 12.6. The topological polar surface area (TPSA) is 38.2 Å². The van der Waals surface area contributed by atoms with Gasteiger partial charge in [0.2, 0.25) is 0 Å². The van der Waals surface area contributed by atoms with Crippen LogP contribution in [-0.2, 0) is 10.6 Å². The summed E-state index contributed by atoms with van der Waals surface area (Å²) in [6, 6.07) is 0. The highest BCUT2D eigenvalue weighted by Gasteiger charge is 2.20. The fraction of sp³-hybridized carbons (Fsp3) is 0.667. The number of ether oxygens (including phenoxy) is 1. The number of rotatable bonds is 4. The van der Waals surface area contributed by atoms with E-state index in [1.165, 1.54) is 0 Å². The second-order valence-electron chi connectivity index (χ2n) is 4.14. The average molecular weight is 256 g/mol. The third-order valence-corrected chi connectivity index (χ3v) is 3.27. The van der Waals surface area contributed by atoms with Crippen LogP contribution in [0.25, 0.3) is 0 Å². The maximum atomic E-state index is 5.69. The molecule has 0 unspecified atom stereocenters. The summed E-state index contributed by atoms with van der Waals surface area (Å²) >= 11 is 5.69. The number of hydrogen-bond acceptors (Lipinski definition) is 4. The highest BCUT2D eigenvalue weighted by Crippen LogP contribution is 2.18. The molecule has 2 rings (SSSR count). The Bertz CT molecular complexity index is 336. The van der Waals surface area contributed by atoms with Crippen LogP contribution in [0.15, 0.2) is 12.4 Å². The lowest BCUT2D eigenvalue weighted by atomic mass is 10.1. The van der Waals surface area contributed by atoms with Gasteiger partial charge in [-0.05, 0) is 19.8 Å². The van der Waals surface area contributed by atoms with Gasteiger partial charge in [-0.3, -0.25) is 4.98 Å². The Kier molecular flexibility index (Phi) is 4.57. The molecule has 0 atom stereocenters. The molecule has 1 aromatic heterocycles. The van der Waals surface area contributed by atoms with Gasteiger partial charge in [-0.15, -0.1) is 11.6 Å². The molecule has 0 bridgehead atoms. The molecule has 17 heavy (non-hydrogen) atoms. The van der Waals surface area contributed by atoms with Gasteiger partial charge in [-0.2, -0.15) is 0 Å². The van der Waals surface area contributed by atoms with Crippen molar-refractivity contribution in [2.45, 2.75) is 31.7 Å². The zero-order chi connectivity index (χ0) is 12.1. The second kappa shape index (κ2) is 6.17. The third kappa shape index (κ3) is 3.30. The Morgan fingerprint density at radius 3 is 2.65 bits per heavy atom. The molecule has 1 aliphatic rings. The van der Waals surface area contributed by atoms with Crippen LogP contribution in [-0.4, -0.2) is 35.8 Å². The maximum absolute atomic E-state index is 5.69. The number of nitrogens with zero attached hydrogens (tertiary/aromatic N) is 3. The molecule has 0 aliphatic carbocycles. The van der Waals surface area contributed by atoms with Gasteiger partial charge in [0.25, 0.3) is 0 Å². The van der Waals surface area contributed by atoms with Crippen molar-refractivity contribution in [2.75, 3.05) is 24.6 Å². The van der Waals surface area contributed by atoms with Crippen molar-refractivity contribution in [1.29, 1.82) is 0 Å². The van der Waals surface area contributed by atoms with E-state index in [0.29, 0.717) is 12.0 Å². The molecule has 1 aromatic rings. The summed E-state index contributed by atoms with van der Waals surface area (Å²) in [5.74, 6) is 1.36. The van der Waals surface area contributed by atoms with Crippen LogP contribution in [0.1, 0.15) is 25.5 Å². The number of halogens is 1. The van der Waals surface area contributed by atoms with Crippen molar-refractivity contribution in [3.8, 4) is 0 Å². The minimum absolute atomic E-state index is 0.409. The van der Waals surface area contributed by atoms with E-state index in [-0.39, 0.29) is 0 Å². The Morgan fingerprint density at radius 1 is 1.35 bits per heavy atom. The van der Waals surface area contributed by atoms with Crippen LogP contribution in [0.2, 0.25) is 0 Å². The van der Waals surface area contributed by atoms with Crippen LogP contribution >= 0.6 is 11.6 Å². The lowest BCUT2D eigenvalue weighted by Crippen LogP contribution is -2.37. The summed E-state index contributed by atoms with van der Waals surface area (Å²) in [4.78, 5) is 10.9. The summed E-state index contributed by atoms with van der Waals surface area (Å²) in [7, 11) is 0. The lowest BCUT2D eigenvalue weighted by Gasteiger charge is -2.32. The fourth-order valence-electron chi connectivity index (χ4n) is 2.07. The first-order valence-corrected chi connectivity index (χ1v) is 6.60. The molecule has 94 valence electrons. The Hall–Kier alpha value is -0.870. The summed E-state index contributed by atoms with van der Waals surface area (Å²) in [5.41, 5.74) is 0.819. The molecule has 0 amide bonds. The summed E-state index contributed by atoms with van der Waals surface area (Å²) < 4.78 is 5.62. The van der Waals surface area contributed by atoms with Gasteiger partial charge >= 0.3 is 0 Å². The Labute approximate surface area is 107 Å². The predicted molar refractivity (Wildman–Crippen MR) is 68.5 cm³/mol. The van der Waals surface area contributed by atoms with Crippen molar-refractivity contribution < 1.29 is 4.74 Å². The lowest BCUT2D eigenvalue weighted by molar-refractivity contribution is 0.0458. The van der Waals surface area contributed by atoms with Gasteiger partial charge in [-0.1, -0.05) is 0 Å². The Balaban J connectivity index is 1.91. The SMILES string of the molecule is CCOC1CCN(c2cnc(CCl)cn2)CC1. The Morgan fingerprint density at radius 2 is 2.12 bits per heavy atom. The number of piperidine rings is 1. The quantitative estimate of drug-likeness (QED) is 0.774. The van der Waals surface area contributed by atoms with E-state index in [2.05, 4.69) is 14.9 Å². The first-order chi connectivity index (χ1) is 8.33.